The molecule has 2 aromatic rings. The number of sulfonamides is 1. The third kappa shape index (κ3) is 3.75. The van der Waals surface area contributed by atoms with Crippen molar-refractivity contribution >= 4 is 32.7 Å². The van der Waals surface area contributed by atoms with Crippen LogP contribution in [0, 0.1) is 0 Å². The minimum atomic E-state index is -3.46. The second kappa shape index (κ2) is 6.46. The molecule has 114 valence electrons. The highest BCUT2D eigenvalue weighted by atomic mass is 32.2. The molecule has 0 spiro atoms. The molecule has 0 aliphatic heterocycles. The fraction of sp³-hybridized carbons (Fsp3) is 0.286. The molecule has 0 atom stereocenters. The Morgan fingerprint density at radius 2 is 1.90 bits per heavy atom. The van der Waals surface area contributed by atoms with Crippen LogP contribution in [-0.2, 0) is 23.0 Å². The van der Waals surface area contributed by atoms with Crippen molar-refractivity contribution in [3.8, 4) is 0 Å². The second-order valence-corrected chi connectivity index (χ2v) is 7.67. The number of aryl methyl sites for hydroxylation is 1. The van der Waals surface area contributed by atoms with Crippen molar-refractivity contribution in [1.29, 1.82) is 0 Å². The lowest BCUT2D eigenvalue weighted by molar-refractivity contribution is 0.588. The molecule has 0 aliphatic rings. The minimum absolute atomic E-state index is 0.196. The van der Waals surface area contributed by atoms with Crippen molar-refractivity contribution in [2.45, 2.75) is 24.8 Å². The van der Waals surface area contributed by atoms with Crippen molar-refractivity contribution in [2.75, 3.05) is 18.1 Å². The molecule has 0 aliphatic carbocycles. The Morgan fingerprint density at radius 3 is 2.52 bits per heavy atom. The fourth-order valence-electron chi connectivity index (χ4n) is 1.86. The van der Waals surface area contributed by atoms with Gasteiger partial charge in [-0.15, -0.1) is 11.3 Å². The van der Waals surface area contributed by atoms with Crippen molar-refractivity contribution in [3.63, 3.8) is 0 Å². The molecule has 0 unspecified atom stereocenters. The maximum absolute atomic E-state index is 11.8. The van der Waals surface area contributed by atoms with Gasteiger partial charge in [0, 0.05) is 16.3 Å². The van der Waals surface area contributed by atoms with E-state index < -0.39 is 10.0 Å². The predicted molar refractivity (Wildman–Crippen MR) is 88.1 cm³/mol. The normalized spacial score (nSPS) is 11.5. The van der Waals surface area contributed by atoms with Crippen LogP contribution in [0.3, 0.4) is 0 Å². The Bertz CT molecular complexity index is 724. The zero-order valence-electron chi connectivity index (χ0n) is 12.0. The van der Waals surface area contributed by atoms with Gasteiger partial charge in [-0.2, -0.15) is 0 Å². The molecule has 1 aromatic carbocycles. The van der Waals surface area contributed by atoms with Gasteiger partial charge < -0.3 is 11.1 Å². The van der Waals surface area contributed by atoms with Crippen LogP contribution in [0.25, 0.3) is 0 Å². The first-order chi connectivity index (χ1) is 9.96. The highest BCUT2D eigenvalue weighted by molar-refractivity contribution is 7.89. The Labute approximate surface area is 129 Å². The quantitative estimate of drug-likeness (QED) is 0.712. The topological polar surface area (TPSA) is 84.2 Å². The van der Waals surface area contributed by atoms with E-state index in [0.29, 0.717) is 17.9 Å². The molecule has 7 heteroatoms. The number of hydrogen-bond acceptors (Lipinski definition) is 5. The molecule has 5 nitrogen and oxygen atoms in total. The lowest BCUT2D eigenvalue weighted by atomic mass is 10.2. The first-order valence-corrected chi connectivity index (χ1v) is 8.90. The number of hydrogen-bond donors (Lipinski definition) is 3. The summed E-state index contributed by atoms with van der Waals surface area (Å²) in [5.74, 6) is 0. The minimum Gasteiger partial charge on any atom is -0.397 e. The first kappa shape index (κ1) is 15.8. The average molecular weight is 325 g/mol. The molecule has 0 bridgehead atoms. The number of nitrogens with one attached hydrogen (secondary N) is 2. The van der Waals surface area contributed by atoms with Gasteiger partial charge in [0.25, 0.3) is 0 Å². The maximum Gasteiger partial charge on any atom is 0.240 e. The third-order valence-electron chi connectivity index (χ3n) is 3.12. The molecule has 1 heterocycles. The van der Waals surface area contributed by atoms with E-state index in [1.165, 1.54) is 22.9 Å². The Kier molecular flexibility index (Phi) is 4.87. The van der Waals surface area contributed by atoms with E-state index in [1.54, 1.807) is 23.5 Å². The summed E-state index contributed by atoms with van der Waals surface area (Å²) in [5.41, 5.74) is 7.04. The van der Waals surface area contributed by atoms with Crippen LogP contribution in [0.2, 0.25) is 0 Å². The van der Waals surface area contributed by atoms with Crippen molar-refractivity contribution in [1.82, 2.24) is 4.72 Å². The van der Waals surface area contributed by atoms with Gasteiger partial charge in [-0.1, -0.05) is 6.92 Å². The van der Waals surface area contributed by atoms with Crippen LogP contribution in [0.1, 0.15) is 16.7 Å². The molecule has 0 fully saturated rings. The largest absolute Gasteiger partial charge is 0.397 e. The van der Waals surface area contributed by atoms with E-state index in [2.05, 4.69) is 29.1 Å². The molecule has 0 saturated heterocycles. The smallest absolute Gasteiger partial charge is 0.240 e. The van der Waals surface area contributed by atoms with Gasteiger partial charge in [-0.05, 0) is 43.8 Å². The van der Waals surface area contributed by atoms with E-state index in [1.807, 2.05) is 0 Å². The van der Waals surface area contributed by atoms with Gasteiger partial charge in [0.05, 0.1) is 16.3 Å². The predicted octanol–water partition coefficient (Wildman–Crippen LogP) is 2.41. The van der Waals surface area contributed by atoms with Crippen LogP contribution >= 0.6 is 11.3 Å². The summed E-state index contributed by atoms with van der Waals surface area (Å²) in [4.78, 5) is 2.71. The average Bonchev–Trinajstić information content (AvgIpc) is 2.94. The Morgan fingerprint density at radius 1 is 1.19 bits per heavy atom. The van der Waals surface area contributed by atoms with Gasteiger partial charge in [0.15, 0.2) is 0 Å². The zero-order chi connectivity index (χ0) is 15.5. The van der Waals surface area contributed by atoms with E-state index in [9.17, 15) is 8.42 Å². The number of rotatable bonds is 6. The van der Waals surface area contributed by atoms with Crippen LogP contribution in [0.15, 0.2) is 35.2 Å². The van der Waals surface area contributed by atoms with Crippen LogP contribution < -0.4 is 15.8 Å². The van der Waals surface area contributed by atoms with E-state index >= 15 is 0 Å². The maximum atomic E-state index is 11.8. The second-order valence-electron chi connectivity index (χ2n) is 4.53. The summed E-state index contributed by atoms with van der Waals surface area (Å²) >= 11 is 1.74. The molecule has 1 aromatic heterocycles. The van der Waals surface area contributed by atoms with Crippen LogP contribution in [0.4, 0.5) is 11.4 Å². The summed E-state index contributed by atoms with van der Waals surface area (Å²) in [6.45, 7) is 2.74. The number of anilines is 2. The van der Waals surface area contributed by atoms with E-state index in [-0.39, 0.29) is 4.90 Å². The van der Waals surface area contributed by atoms with Gasteiger partial charge in [0.1, 0.15) is 0 Å². The Balaban J connectivity index is 2.17. The van der Waals surface area contributed by atoms with Gasteiger partial charge >= 0.3 is 0 Å². The molecular formula is C14H19N3O2S2. The van der Waals surface area contributed by atoms with Gasteiger partial charge in [-0.3, -0.25) is 0 Å². The molecule has 0 radical (unpaired) electrons. The summed E-state index contributed by atoms with van der Waals surface area (Å²) in [5, 5.41) is 3.20. The van der Waals surface area contributed by atoms with Crippen molar-refractivity contribution in [3.05, 3.63) is 40.1 Å². The zero-order valence-corrected chi connectivity index (χ0v) is 13.6. The molecule has 21 heavy (non-hydrogen) atoms. The number of benzene rings is 1. The lowest BCUT2D eigenvalue weighted by Gasteiger charge is -2.10. The van der Waals surface area contributed by atoms with Gasteiger partial charge in [0.2, 0.25) is 10.0 Å². The SMILES string of the molecule is CCc1ccc(CNc2cc(S(=O)(=O)NC)ccc2N)s1. The summed E-state index contributed by atoms with van der Waals surface area (Å²) in [7, 11) is -2.08. The molecular weight excluding hydrogens is 306 g/mol. The highest BCUT2D eigenvalue weighted by Crippen LogP contribution is 2.24. The first-order valence-electron chi connectivity index (χ1n) is 6.60. The van der Waals surface area contributed by atoms with Crippen LogP contribution in [0.5, 0.6) is 0 Å². The molecule has 2 rings (SSSR count). The Hall–Kier alpha value is -1.57. The summed E-state index contributed by atoms with van der Waals surface area (Å²) < 4.78 is 25.9. The molecule has 0 saturated carbocycles. The van der Waals surface area contributed by atoms with E-state index in [4.69, 9.17) is 5.73 Å². The number of nitrogen functional groups attached to an aromatic ring is 1. The summed E-state index contributed by atoms with van der Waals surface area (Å²) in [6, 6.07) is 8.81. The standard InChI is InChI=1S/C14H19N3O2S2/c1-3-10-4-5-11(20-10)9-17-14-8-12(6-7-13(14)15)21(18,19)16-2/h4-8,16-17H,3,9,15H2,1-2H3. The highest BCUT2D eigenvalue weighted by Gasteiger charge is 2.13. The van der Waals surface area contributed by atoms with Crippen LogP contribution in [-0.4, -0.2) is 15.5 Å². The number of nitrogens with two attached hydrogens (primary N) is 1. The lowest BCUT2D eigenvalue weighted by Crippen LogP contribution is -2.18. The fourth-order valence-corrected chi connectivity index (χ4v) is 3.52. The van der Waals surface area contributed by atoms with Crippen molar-refractivity contribution < 1.29 is 8.42 Å². The molecule has 0 amide bonds. The third-order valence-corrected chi connectivity index (χ3v) is 5.76. The monoisotopic (exact) mass is 325 g/mol. The van der Waals surface area contributed by atoms with E-state index in [0.717, 1.165) is 6.42 Å². The summed E-state index contributed by atoms with van der Waals surface area (Å²) in [6.07, 6.45) is 1.02. The van der Waals surface area contributed by atoms with Crippen molar-refractivity contribution in [2.24, 2.45) is 0 Å². The number of thiophene rings is 1. The molecule has 4 N–H and O–H groups in total. The van der Waals surface area contributed by atoms with Gasteiger partial charge in [-0.25, -0.2) is 13.1 Å².